The van der Waals surface area contributed by atoms with E-state index in [4.69, 9.17) is 5.26 Å². The van der Waals surface area contributed by atoms with Crippen molar-refractivity contribution >= 4 is 17.4 Å². The fraction of sp³-hybridized carbons (Fsp3) is 0. The van der Waals surface area contributed by atoms with Gasteiger partial charge in [-0.1, -0.05) is 24.3 Å². The van der Waals surface area contributed by atoms with Crippen LogP contribution >= 0.6 is 0 Å². The van der Waals surface area contributed by atoms with Crippen LogP contribution in [0, 0.1) is 11.3 Å². The molecule has 0 atom stereocenters. The van der Waals surface area contributed by atoms with E-state index in [1.165, 1.54) is 0 Å². The van der Waals surface area contributed by atoms with Gasteiger partial charge in [0.15, 0.2) is 5.82 Å². The van der Waals surface area contributed by atoms with Gasteiger partial charge in [0.05, 0.1) is 11.3 Å². The minimum atomic E-state index is -0.285. The van der Waals surface area contributed by atoms with E-state index in [9.17, 15) is 4.79 Å². The molecule has 2 heterocycles. The highest BCUT2D eigenvalue weighted by atomic mass is 16.1. The van der Waals surface area contributed by atoms with Crippen molar-refractivity contribution in [3.05, 3.63) is 78.1 Å². The Balaban J connectivity index is 1.60. The Hall–Kier alpha value is -4.05. The zero-order valence-corrected chi connectivity index (χ0v) is 13.5. The number of hydrogen-bond donors (Lipinski definition) is 1. The lowest BCUT2D eigenvalue weighted by Crippen LogP contribution is -2.12. The lowest BCUT2D eigenvalue weighted by Gasteiger charge is -2.07. The number of hydrogen-bond acceptors (Lipinski definition) is 5. The number of anilines is 1. The number of amides is 1. The lowest BCUT2D eigenvalue weighted by molar-refractivity contribution is 0.102. The van der Waals surface area contributed by atoms with Crippen molar-refractivity contribution in [2.45, 2.75) is 0 Å². The average molecular weight is 340 g/mol. The molecule has 0 aliphatic carbocycles. The Labute approximate surface area is 148 Å². The molecule has 0 aliphatic heterocycles. The summed E-state index contributed by atoms with van der Waals surface area (Å²) in [5.74, 6) is 0.874. The predicted molar refractivity (Wildman–Crippen MR) is 95.3 cm³/mol. The molecule has 7 nitrogen and oxygen atoms in total. The molecule has 2 aromatic carbocycles. The van der Waals surface area contributed by atoms with Crippen LogP contribution in [0.3, 0.4) is 0 Å². The zero-order chi connectivity index (χ0) is 17.9. The molecule has 26 heavy (non-hydrogen) atoms. The number of nitrogens with zero attached hydrogens (tertiary/aromatic N) is 5. The number of para-hydroxylation sites is 1. The average Bonchev–Trinajstić information content (AvgIpc) is 3.12. The second-order valence-electron chi connectivity index (χ2n) is 5.50. The number of aromatic nitrogens is 4. The summed E-state index contributed by atoms with van der Waals surface area (Å²) in [6.45, 7) is 0. The van der Waals surface area contributed by atoms with Gasteiger partial charge in [0, 0.05) is 23.5 Å². The maximum Gasteiger partial charge on any atom is 0.255 e. The van der Waals surface area contributed by atoms with Crippen LogP contribution in [0.25, 0.3) is 17.2 Å². The van der Waals surface area contributed by atoms with Gasteiger partial charge in [-0.15, -0.1) is 10.2 Å². The quantitative estimate of drug-likeness (QED) is 0.618. The third kappa shape index (κ3) is 2.76. The van der Waals surface area contributed by atoms with Gasteiger partial charge in [0.25, 0.3) is 11.7 Å². The van der Waals surface area contributed by atoms with E-state index in [1.54, 1.807) is 65.2 Å². The number of carbonyl (C=O) groups excluding carboxylic acids is 1. The van der Waals surface area contributed by atoms with Crippen molar-refractivity contribution in [2.75, 3.05) is 5.32 Å². The van der Waals surface area contributed by atoms with E-state index in [2.05, 4.69) is 26.6 Å². The summed E-state index contributed by atoms with van der Waals surface area (Å²) in [6.07, 6.45) is 3.48. The summed E-state index contributed by atoms with van der Waals surface area (Å²) < 4.78 is 1.78. The van der Waals surface area contributed by atoms with Gasteiger partial charge in [0.1, 0.15) is 6.07 Å². The number of nitriles is 1. The second-order valence-corrected chi connectivity index (χ2v) is 5.50. The molecule has 0 aliphatic rings. The maximum absolute atomic E-state index is 12.4. The fourth-order valence-corrected chi connectivity index (χ4v) is 2.59. The van der Waals surface area contributed by atoms with E-state index in [-0.39, 0.29) is 5.91 Å². The van der Waals surface area contributed by atoms with Crippen LogP contribution in [-0.2, 0) is 0 Å². The first-order chi connectivity index (χ1) is 12.8. The van der Waals surface area contributed by atoms with E-state index in [0.29, 0.717) is 28.4 Å². The van der Waals surface area contributed by atoms with E-state index < -0.39 is 0 Å². The largest absolute Gasteiger partial charge is 0.321 e. The molecule has 0 spiro atoms. The molecule has 1 amide bonds. The third-order valence-corrected chi connectivity index (χ3v) is 3.89. The molecule has 2 aromatic heterocycles. The monoisotopic (exact) mass is 340 g/mol. The van der Waals surface area contributed by atoms with Gasteiger partial charge in [0.2, 0.25) is 0 Å². The number of rotatable bonds is 3. The van der Waals surface area contributed by atoms with Crippen LogP contribution in [0.15, 0.2) is 67.0 Å². The SMILES string of the molecule is N#Cc1ccccc1NC(=O)c1ccc(-c2nnc3ncccn23)cc1. The number of benzene rings is 2. The van der Waals surface area contributed by atoms with Gasteiger partial charge in [-0.2, -0.15) is 5.26 Å². The Bertz CT molecular complexity index is 1140. The molecule has 7 heteroatoms. The first-order valence-electron chi connectivity index (χ1n) is 7.83. The van der Waals surface area contributed by atoms with Gasteiger partial charge < -0.3 is 5.32 Å². The number of nitrogens with one attached hydrogen (secondary N) is 1. The molecule has 4 rings (SSSR count). The molecule has 0 bridgehead atoms. The molecular weight excluding hydrogens is 328 g/mol. The van der Waals surface area contributed by atoms with Crippen LogP contribution in [0.4, 0.5) is 5.69 Å². The Kier molecular flexibility index (Phi) is 3.84. The topological polar surface area (TPSA) is 96.0 Å². The standard InChI is InChI=1S/C19H12N6O/c20-12-15-4-1-2-5-16(15)22-18(26)14-8-6-13(7-9-14)17-23-24-19-21-10-3-11-25(17)19/h1-11H,(H,22,26). The van der Waals surface area contributed by atoms with Crippen LogP contribution in [0.1, 0.15) is 15.9 Å². The van der Waals surface area contributed by atoms with Crippen molar-refractivity contribution in [2.24, 2.45) is 0 Å². The molecule has 124 valence electrons. The fourth-order valence-electron chi connectivity index (χ4n) is 2.59. The van der Waals surface area contributed by atoms with Gasteiger partial charge in [-0.3, -0.25) is 9.20 Å². The maximum atomic E-state index is 12.4. The molecule has 0 saturated carbocycles. The minimum absolute atomic E-state index is 0.285. The zero-order valence-electron chi connectivity index (χ0n) is 13.5. The van der Waals surface area contributed by atoms with Crippen molar-refractivity contribution < 1.29 is 4.79 Å². The first kappa shape index (κ1) is 15.5. The highest BCUT2D eigenvalue weighted by molar-refractivity contribution is 6.05. The molecular formula is C19H12N6O. The smallest absolute Gasteiger partial charge is 0.255 e. The van der Waals surface area contributed by atoms with Crippen molar-refractivity contribution in [1.29, 1.82) is 5.26 Å². The second kappa shape index (κ2) is 6.45. The molecule has 0 unspecified atom stereocenters. The van der Waals surface area contributed by atoms with Crippen molar-refractivity contribution in [3.63, 3.8) is 0 Å². The molecule has 0 radical (unpaired) electrons. The molecule has 0 fully saturated rings. The van der Waals surface area contributed by atoms with Gasteiger partial charge in [-0.25, -0.2) is 4.98 Å². The first-order valence-corrected chi connectivity index (χ1v) is 7.83. The Morgan fingerprint density at radius 1 is 1.04 bits per heavy atom. The highest BCUT2D eigenvalue weighted by Crippen LogP contribution is 2.19. The summed E-state index contributed by atoms with van der Waals surface area (Å²) in [5, 5.41) is 20.0. The van der Waals surface area contributed by atoms with E-state index >= 15 is 0 Å². The van der Waals surface area contributed by atoms with Crippen LogP contribution in [0.2, 0.25) is 0 Å². The Morgan fingerprint density at radius 3 is 2.65 bits per heavy atom. The minimum Gasteiger partial charge on any atom is -0.321 e. The van der Waals surface area contributed by atoms with E-state index in [0.717, 1.165) is 5.56 Å². The number of fused-ring (bicyclic) bond motifs is 1. The van der Waals surface area contributed by atoms with Crippen LogP contribution in [0.5, 0.6) is 0 Å². The number of carbonyl (C=O) groups is 1. The van der Waals surface area contributed by atoms with Crippen molar-refractivity contribution in [3.8, 4) is 17.5 Å². The third-order valence-electron chi connectivity index (χ3n) is 3.89. The normalized spacial score (nSPS) is 10.4. The van der Waals surface area contributed by atoms with Gasteiger partial charge >= 0.3 is 0 Å². The predicted octanol–water partition coefficient (Wildman–Crippen LogP) is 2.92. The summed E-state index contributed by atoms with van der Waals surface area (Å²) >= 11 is 0. The van der Waals surface area contributed by atoms with Gasteiger partial charge in [-0.05, 0) is 30.3 Å². The summed E-state index contributed by atoms with van der Waals surface area (Å²) in [4.78, 5) is 16.6. The summed E-state index contributed by atoms with van der Waals surface area (Å²) in [5.41, 5.74) is 2.20. The van der Waals surface area contributed by atoms with E-state index in [1.807, 2.05) is 6.20 Å². The lowest BCUT2D eigenvalue weighted by atomic mass is 10.1. The Morgan fingerprint density at radius 2 is 1.85 bits per heavy atom. The molecule has 1 N–H and O–H groups in total. The van der Waals surface area contributed by atoms with Crippen LogP contribution < -0.4 is 5.32 Å². The highest BCUT2D eigenvalue weighted by Gasteiger charge is 2.11. The van der Waals surface area contributed by atoms with Crippen molar-refractivity contribution in [1.82, 2.24) is 19.6 Å². The summed E-state index contributed by atoms with van der Waals surface area (Å²) in [6, 6.07) is 17.7. The molecule has 4 aromatic rings. The summed E-state index contributed by atoms with van der Waals surface area (Å²) in [7, 11) is 0. The molecule has 0 saturated heterocycles. The van der Waals surface area contributed by atoms with Crippen LogP contribution in [-0.4, -0.2) is 25.5 Å².